The first-order valence-corrected chi connectivity index (χ1v) is 16.0. The molecule has 9 heteroatoms. The van der Waals surface area contributed by atoms with Crippen molar-refractivity contribution >= 4 is 49.9 Å². The maximum Gasteiger partial charge on any atom is 0.265 e. The molecule has 1 atom stereocenters. The van der Waals surface area contributed by atoms with E-state index in [2.05, 4.69) is 5.32 Å². The molecule has 7 nitrogen and oxygen atoms in total. The van der Waals surface area contributed by atoms with Gasteiger partial charge in [0.2, 0.25) is 11.8 Å². The molecule has 0 saturated carbocycles. The summed E-state index contributed by atoms with van der Waals surface area (Å²) < 4.78 is 28.2. The summed E-state index contributed by atoms with van der Waals surface area (Å²) in [5, 5.41) is 5.14. The second-order valence-corrected chi connectivity index (χ2v) is 12.7. The molecule has 5 rings (SSSR count). The van der Waals surface area contributed by atoms with Crippen LogP contribution >= 0.6 is 11.6 Å². The van der Waals surface area contributed by atoms with Crippen LogP contribution in [0.15, 0.2) is 95.9 Å². The zero-order valence-electron chi connectivity index (χ0n) is 23.5. The molecule has 2 amide bonds. The lowest BCUT2D eigenvalue weighted by molar-refractivity contribution is -0.141. The third kappa shape index (κ3) is 6.30. The van der Waals surface area contributed by atoms with Crippen molar-refractivity contribution in [2.24, 2.45) is 0 Å². The van der Waals surface area contributed by atoms with Crippen LogP contribution < -0.4 is 9.62 Å². The topological polar surface area (TPSA) is 86.8 Å². The van der Waals surface area contributed by atoms with Crippen LogP contribution in [-0.2, 0) is 32.6 Å². The normalized spacial score (nSPS) is 14.1. The third-order valence-electron chi connectivity index (χ3n) is 7.52. The van der Waals surface area contributed by atoms with Crippen LogP contribution in [0.4, 0.5) is 5.69 Å². The van der Waals surface area contributed by atoms with Crippen LogP contribution in [0, 0.1) is 0 Å². The molecule has 1 unspecified atom stereocenters. The number of carbonyl (C=O) groups excluding carboxylic acids is 2. The van der Waals surface area contributed by atoms with Crippen LogP contribution in [0.5, 0.6) is 0 Å². The number of carbonyl (C=O) groups is 2. The van der Waals surface area contributed by atoms with Gasteiger partial charge in [0.25, 0.3) is 10.0 Å². The zero-order chi connectivity index (χ0) is 29.7. The van der Waals surface area contributed by atoms with E-state index < -0.39 is 16.1 Å². The Morgan fingerprint density at radius 2 is 1.62 bits per heavy atom. The van der Waals surface area contributed by atoms with E-state index >= 15 is 0 Å². The molecule has 1 aliphatic rings. The molecule has 0 saturated heterocycles. The van der Waals surface area contributed by atoms with Gasteiger partial charge in [0.15, 0.2) is 0 Å². The molecule has 4 aromatic rings. The predicted octanol–water partition coefficient (Wildman–Crippen LogP) is 5.95. The minimum absolute atomic E-state index is 0.0816. The summed E-state index contributed by atoms with van der Waals surface area (Å²) >= 11 is 6.11. The highest BCUT2D eigenvalue weighted by Crippen LogP contribution is 2.42. The monoisotopic (exact) mass is 603 g/mol. The van der Waals surface area contributed by atoms with Gasteiger partial charge in [-0.15, -0.1) is 0 Å². The Kier molecular flexibility index (Phi) is 9.14. The second kappa shape index (κ2) is 13.0. The molecule has 0 fully saturated rings. The molecule has 0 radical (unpaired) electrons. The molecule has 42 heavy (non-hydrogen) atoms. The fraction of sp³-hybridized carbons (Fsp3) is 0.273. The van der Waals surface area contributed by atoms with Crippen LogP contribution in [0.3, 0.4) is 0 Å². The molecule has 1 aliphatic heterocycles. The average molecular weight is 604 g/mol. The predicted molar refractivity (Wildman–Crippen MR) is 167 cm³/mol. The van der Waals surface area contributed by atoms with E-state index in [0.29, 0.717) is 40.4 Å². The maximum absolute atomic E-state index is 13.9. The lowest BCUT2D eigenvalue weighted by Gasteiger charge is -2.32. The summed E-state index contributed by atoms with van der Waals surface area (Å²) in [6.07, 6.45) is 1.51. The van der Waals surface area contributed by atoms with Gasteiger partial charge in [-0.2, -0.15) is 0 Å². The van der Waals surface area contributed by atoms with E-state index in [1.54, 1.807) is 35.2 Å². The van der Waals surface area contributed by atoms with E-state index in [9.17, 15) is 18.0 Å². The lowest BCUT2D eigenvalue weighted by atomic mass is 10.0. The van der Waals surface area contributed by atoms with Crippen molar-refractivity contribution in [3.8, 4) is 0 Å². The average Bonchev–Trinajstić information content (AvgIpc) is 3.22. The van der Waals surface area contributed by atoms with Crippen LogP contribution in [-0.4, -0.2) is 44.3 Å². The Bertz CT molecular complexity index is 1670. The van der Waals surface area contributed by atoms with E-state index in [1.807, 2.05) is 67.6 Å². The van der Waals surface area contributed by atoms with Gasteiger partial charge in [0, 0.05) is 42.9 Å². The molecule has 1 N–H and O–H groups in total. The van der Waals surface area contributed by atoms with Crippen molar-refractivity contribution in [3.05, 3.63) is 107 Å². The third-order valence-corrected chi connectivity index (χ3v) is 9.63. The van der Waals surface area contributed by atoms with Gasteiger partial charge < -0.3 is 10.2 Å². The number of benzene rings is 4. The highest BCUT2D eigenvalue weighted by atomic mass is 35.5. The van der Waals surface area contributed by atoms with Crippen LogP contribution in [0.25, 0.3) is 10.8 Å². The summed E-state index contributed by atoms with van der Waals surface area (Å²) in [6, 6.07) is 26.9. The molecular weight excluding hydrogens is 570 g/mol. The first-order chi connectivity index (χ1) is 20.3. The van der Waals surface area contributed by atoms with Crippen LogP contribution in [0.2, 0.25) is 5.02 Å². The van der Waals surface area contributed by atoms with Crippen molar-refractivity contribution in [3.63, 3.8) is 0 Å². The summed E-state index contributed by atoms with van der Waals surface area (Å²) in [7, 11) is -3.72. The van der Waals surface area contributed by atoms with Gasteiger partial charge in [-0.25, -0.2) is 8.42 Å². The van der Waals surface area contributed by atoms with Crippen molar-refractivity contribution in [1.29, 1.82) is 0 Å². The summed E-state index contributed by atoms with van der Waals surface area (Å²) in [4.78, 5) is 29.3. The SMILES string of the molecule is CCCNC(=O)C(Cc1ccccc1)N(Cc1ccc(Cl)cc1)C(=O)CCCN1c2cccc3cccc(c23)S1(=O)=O. The Labute approximate surface area is 252 Å². The molecule has 0 aromatic heterocycles. The number of rotatable bonds is 12. The molecule has 0 aliphatic carbocycles. The quantitative estimate of drug-likeness (QED) is 0.217. The lowest BCUT2D eigenvalue weighted by Crippen LogP contribution is -2.50. The Morgan fingerprint density at radius 3 is 2.33 bits per heavy atom. The Balaban J connectivity index is 1.38. The number of anilines is 1. The number of hydrogen-bond donors (Lipinski definition) is 1. The highest BCUT2D eigenvalue weighted by molar-refractivity contribution is 7.93. The second-order valence-electron chi connectivity index (χ2n) is 10.5. The van der Waals surface area contributed by atoms with Crippen molar-refractivity contribution in [1.82, 2.24) is 10.2 Å². The van der Waals surface area contributed by atoms with E-state index in [0.717, 1.165) is 22.9 Å². The number of nitrogens with zero attached hydrogens (tertiary/aromatic N) is 2. The number of sulfonamides is 1. The van der Waals surface area contributed by atoms with Gasteiger partial charge in [-0.05, 0) is 53.6 Å². The minimum Gasteiger partial charge on any atom is -0.354 e. The zero-order valence-corrected chi connectivity index (χ0v) is 25.1. The van der Waals surface area contributed by atoms with Gasteiger partial charge in [-0.3, -0.25) is 13.9 Å². The standard InChI is InChI=1S/C33H34ClN3O4S/c1-2-20-35-33(39)29(22-24-9-4-3-5-10-24)36(23-25-16-18-27(34)19-17-25)31(38)15-8-21-37-28-13-6-11-26-12-7-14-30(32(26)28)42(37,40)41/h3-7,9-14,16-19,29H,2,8,15,20-23H2,1H3,(H,35,39). The minimum atomic E-state index is -3.72. The molecule has 1 heterocycles. The largest absolute Gasteiger partial charge is 0.354 e. The van der Waals surface area contributed by atoms with Crippen molar-refractivity contribution in [2.45, 2.75) is 50.1 Å². The number of hydrogen-bond acceptors (Lipinski definition) is 4. The summed E-state index contributed by atoms with van der Waals surface area (Å²) in [5.41, 5.74) is 2.42. The smallest absolute Gasteiger partial charge is 0.265 e. The van der Waals surface area contributed by atoms with Gasteiger partial charge >= 0.3 is 0 Å². The summed E-state index contributed by atoms with van der Waals surface area (Å²) in [5.74, 6) is -0.433. The Hall–Kier alpha value is -3.88. The maximum atomic E-state index is 13.9. The molecule has 218 valence electrons. The fourth-order valence-corrected chi connectivity index (χ4v) is 7.30. The first kappa shape index (κ1) is 29.6. The van der Waals surface area contributed by atoms with Gasteiger partial charge in [-0.1, -0.05) is 85.3 Å². The molecule has 0 bridgehead atoms. The molecular formula is C33H34ClN3O4S. The van der Waals surface area contributed by atoms with Crippen molar-refractivity contribution < 1.29 is 18.0 Å². The van der Waals surface area contributed by atoms with E-state index in [-0.39, 0.29) is 31.3 Å². The fourth-order valence-electron chi connectivity index (χ4n) is 5.42. The highest BCUT2D eigenvalue weighted by Gasteiger charge is 2.36. The van der Waals surface area contributed by atoms with Crippen molar-refractivity contribution in [2.75, 3.05) is 17.4 Å². The Morgan fingerprint density at radius 1 is 0.905 bits per heavy atom. The molecule has 0 spiro atoms. The number of halogens is 1. The van der Waals surface area contributed by atoms with E-state index in [4.69, 9.17) is 11.6 Å². The van der Waals surface area contributed by atoms with E-state index in [1.165, 1.54) is 4.31 Å². The first-order valence-electron chi connectivity index (χ1n) is 14.2. The van der Waals surface area contributed by atoms with Gasteiger partial charge in [0.1, 0.15) is 6.04 Å². The summed E-state index contributed by atoms with van der Waals surface area (Å²) in [6.45, 7) is 2.86. The van der Waals surface area contributed by atoms with Crippen LogP contribution in [0.1, 0.15) is 37.3 Å². The molecule has 4 aromatic carbocycles. The number of nitrogens with one attached hydrogen (secondary N) is 1. The number of amides is 2. The van der Waals surface area contributed by atoms with Gasteiger partial charge in [0.05, 0.1) is 10.6 Å².